The number of carbonyl (C=O) groups excluding carboxylic acids is 2. The number of ether oxygens (including phenoxy) is 5. The fraction of sp³-hybridized carbons (Fsp3) is 0.227. The van der Waals surface area contributed by atoms with E-state index in [9.17, 15) is 9.59 Å². The number of thiazole rings is 1. The van der Waals surface area contributed by atoms with Crippen LogP contribution in [0.5, 0.6) is 23.0 Å². The van der Waals surface area contributed by atoms with Crippen LogP contribution in [0.25, 0.3) is 11.3 Å². The number of para-hydroxylation sites is 2. The van der Waals surface area contributed by atoms with Gasteiger partial charge in [0.2, 0.25) is 0 Å². The molecule has 0 fully saturated rings. The summed E-state index contributed by atoms with van der Waals surface area (Å²) in [5.74, 6) is 0.886. The SMILES string of the molecule is COc1ccc(-c2csc(NC(=O)COC(=O)COc3ccccc3OC)n2)cc1OC. The van der Waals surface area contributed by atoms with Crippen LogP contribution in [0.4, 0.5) is 5.13 Å². The van der Waals surface area contributed by atoms with Crippen molar-refractivity contribution in [3.05, 3.63) is 47.8 Å². The second-order valence-electron chi connectivity index (χ2n) is 6.26. The summed E-state index contributed by atoms with van der Waals surface area (Å²) in [5, 5.41) is 4.78. The number of nitrogens with one attached hydrogen (secondary N) is 1. The molecule has 9 nitrogen and oxygen atoms in total. The van der Waals surface area contributed by atoms with Crippen molar-refractivity contribution in [2.45, 2.75) is 0 Å². The lowest BCUT2D eigenvalue weighted by molar-refractivity contribution is -0.149. The number of amides is 1. The van der Waals surface area contributed by atoms with Gasteiger partial charge in [0.1, 0.15) is 0 Å². The second kappa shape index (κ2) is 11.0. The second-order valence-corrected chi connectivity index (χ2v) is 7.11. The lowest BCUT2D eigenvalue weighted by Crippen LogP contribution is -2.23. The van der Waals surface area contributed by atoms with E-state index in [-0.39, 0.29) is 6.61 Å². The molecule has 1 amide bonds. The summed E-state index contributed by atoms with van der Waals surface area (Å²) in [7, 11) is 4.61. The summed E-state index contributed by atoms with van der Waals surface area (Å²) in [6.07, 6.45) is 0. The molecule has 1 N–H and O–H groups in total. The average molecular weight is 458 g/mol. The number of nitrogens with zero attached hydrogens (tertiary/aromatic N) is 1. The normalized spacial score (nSPS) is 10.2. The predicted octanol–water partition coefficient (Wildman–Crippen LogP) is 3.40. The number of rotatable bonds is 10. The first-order valence-corrected chi connectivity index (χ1v) is 10.3. The Morgan fingerprint density at radius 2 is 1.59 bits per heavy atom. The molecule has 0 saturated heterocycles. The van der Waals surface area contributed by atoms with Crippen LogP contribution in [0.3, 0.4) is 0 Å². The third kappa shape index (κ3) is 5.88. The zero-order valence-corrected chi connectivity index (χ0v) is 18.6. The first-order chi connectivity index (χ1) is 15.5. The maximum Gasteiger partial charge on any atom is 0.344 e. The van der Waals surface area contributed by atoms with Gasteiger partial charge in [-0.1, -0.05) is 12.1 Å². The van der Waals surface area contributed by atoms with Gasteiger partial charge in [-0.05, 0) is 30.3 Å². The molecule has 168 valence electrons. The van der Waals surface area contributed by atoms with Crippen molar-refractivity contribution in [1.82, 2.24) is 4.98 Å². The maximum atomic E-state index is 12.1. The Morgan fingerprint density at radius 1 is 0.906 bits per heavy atom. The highest BCUT2D eigenvalue weighted by Gasteiger charge is 2.13. The Kier molecular flexibility index (Phi) is 7.87. The molecule has 0 aliphatic heterocycles. The lowest BCUT2D eigenvalue weighted by atomic mass is 10.1. The van der Waals surface area contributed by atoms with E-state index in [1.54, 1.807) is 56.0 Å². The van der Waals surface area contributed by atoms with Crippen LogP contribution < -0.4 is 24.3 Å². The van der Waals surface area contributed by atoms with Crippen LogP contribution in [0, 0.1) is 0 Å². The van der Waals surface area contributed by atoms with E-state index >= 15 is 0 Å². The monoisotopic (exact) mass is 458 g/mol. The first kappa shape index (κ1) is 22.9. The fourth-order valence-corrected chi connectivity index (χ4v) is 3.41. The number of hydrogen-bond donors (Lipinski definition) is 1. The maximum absolute atomic E-state index is 12.1. The topological polar surface area (TPSA) is 105 Å². The van der Waals surface area contributed by atoms with Crippen molar-refractivity contribution in [1.29, 1.82) is 0 Å². The van der Waals surface area contributed by atoms with Gasteiger partial charge in [0.25, 0.3) is 5.91 Å². The van der Waals surface area contributed by atoms with Crippen molar-refractivity contribution < 1.29 is 33.3 Å². The third-order valence-electron chi connectivity index (χ3n) is 4.21. The quantitative estimate of drug-likeness (QED) is 0.461. The Balaban J connectivity index is 1.49. The third-order valence-corrected chi connectivity index (χ3v) is 4.97. The molecule has 1 heterocycles. The Bertz CT molecular complexity index is 1080. The number of hydrogen-bond acceptors (Lipinski definition) is 9. The highest BCUT2D eigenvalue weighted by molar-refractivity contribution is 7.14. The number of esters is 1. The summed E-state index contributed by atoms with van der Waals surface area (Å²) < 4.78 is 26.0. The molecule has 2 aromatic carbocycles. The minimum absolute atomic E-state index is 0.353. The van der Waals surface area contributed by atoms with Crippen LogP contribution in [0.15, 0.2) is 47.8 Å². The van der Waals surface area contributed by atoms with Crippen molar-refractivity contribution in [2.24, 2.45) is 0 Å². The first-order valence-electron chi connectivity index (χ1n) is 9.43. The number of methoxy groups -OCH3 is 3. The van der Waals surface area contributed by atoms with Crippen LogP contribution in [0.2, 0.25) is 0 Å². The van der Waals surface area contributed by atoms with Gasteiger partial charge in [0, 0.05) is 10.9 Å². The van der Waals surface area contributed by atoms with E-state index < -0.39 is 18.5 Å². The van der Waals surface area contributed by atoms with Gasteiger partial charge < -0.3 is 23.7 Å². The highest BCUT2D eigenvalue weighted by Crippen LogP contribution is 2.33. The van der Waals surface area contributed by atoms with E-state index in [1.807, 2.05) is 6.07 Å². The van der Waals surface area contributed by atoms with Gasteiger partial charge in [-0.25, -0.2) is 9.78 Å². The van der Waals surface area contributed by atoms with Gasteiger partial charge in [-0.2, -0.15) is 0 Å². The molecular weight excluding hydrogens is 436 g/mol. The minimum Gasteiger partial charge on any atom is -0.493 e. The molecule has 10 heteroatoms. The number of aromatic nitrogens is 1. The van der Waals surface area contributed by atoms with Crippen molar-refractivity contribution >= 4 is 28.3 Å². The Morgan fingerprint density at radius 3 is 2.31 bits per heavy atom. The average Bonchev–Trinajstić information content (AvgIpc) is 3.29. The number of anilines is 1. The molecule has 0 radical (unpaired) electrons. The van der Waals surface area contributed by atoms with Gasteiger partial charge in [-0.3, -0.25) is 10.1 Å². The Hall–Kier alpha value is -3.79. The molecule has 0 saturated carbocycles. The molecule has 0 atom stereocenters. The molecule has 0 aliphatic rings. The molecule has 0 unspecified atom stereocenters. The summed E-state index contributed by atoms with van der Waals surface area (Å²) in [5.41, 5.74) is 1.47. The van der Waals surface area contributed by atoms with E-state index in [2.05, 4.69) is 10.3 Å². The molecule has 1 aromatic heterocycles. The van der Waals surface area contributed by atoms with E-state index in [4.69, 9.17) is 23.7 Å². The fourth-order valence-electron chi connectivity index (χ4n) is 2.68. The van der Waals surface area contributed by atoms with Crippen LogP contribution in [0.1, 0.15) is 0 Å². The molecular formula is C22H22N2O7S. The minimum atomic E-state index is -0.684. The standard InChI is InChI=1S/C22H22N2O7S/c1-27-16-6-4-5-7-18(16)30-12-21(26)31-11-20(25)24-22-23-15(13-32-22)14-8-9-17(28-2)19(10-14)29-3/h4-10,13H,11-12H2,1-3H3,(H,23,24,25). The Labute approximate surface area is 188 Å². The summed E-state index contributed by atoms with van der Waals surface area (Å²) >= 11 is 1.25. The summed E-state index contributed by atoms with van der Waals surface area (Å²) in [4.78, 5) is 28.4. The zero-order chi connectivity index (χ0) is 22.9. The van der Waals surface area contributed by atoms with E-state index in [0.29, 0.717) is 33.8 Å². The molecule has 0 bridgehead atoms. The van der Waals surface area contributed by atoms with Gasteiger partial charge in [0.15, 0.2) is 41.3 Å². The van der Waals surface area contributed by atoms with Crippen LogP contribution in [-0.2, 0) is 14.3 Å². The van der Waals surface area contributed by atoms with Gasteiger partial charge >= 0.3 is 5.97 Å². The van der Waals surface area contributed by atoms with Gasteiger partial charge in [0.05, 0.1) is 27.0 Å². The zero-order valence-electron chi connectivity index (χ0n) is 17.7. The smallest absolute Gasteiger partial charge is 0.344 e. The van der Waals surface area contributed by atoms with Crippen LogP contribution in [-0.4, -0.2) is 51.4 Å². The largest absolute Gasteiger partial charge is 0.493 e. The van der Waals surface area contributed by atoms with E-state index in [1.165, 1.54) is 18.4 Å². The van der Waals surface area contributed by atoms with Gasteiger partial charge in [-0.15, -0.1) is 11.3 Å². The van der Waals surface area contributed by atoms with Crippen molar-refractivity contribution in [2.75, 3.05) is 39.9 Å². The number of carbonyl (C=O) groups is 2. The summed E-state index contributed by atoms with van der Waals surface area (Å²) in [6, 6.07) is 12.3. The van der Waals surface area contributed by atoms with Crippen molar-refractivity contribution in [3.63, 3.8) is 0 Å². The molecule has 32 heavy (non-hydrogen) atoms. The van der Waals surface area contributed by atoms with Crippen LogP contribution >= 0.6 is 11.3 Å². The molecule has 3 aromatic rings. The molecule has 0 spiro atoms. The highest BCUT2D eigenvalue weighted by atomic mass is 32.1. The molecule has 3 rings (SSSR count). The lowest BCUT2D eigenvalue weighted by Gasteiger charge is -2.10. The number of benzene rings is 2. The predicted molar refractivity (Wildman–Crippen MR) is 119 cm³/mol. The molecule has 0 aliphatic carbocycles. The van der Waals surface area contributed by atoms with Crippen molar-refractivity contribution in [3.8, 4) is 34.3 Å². The van der Waals surface area contributed by atoms with E-state index in [0.717, 1.165) is 5.56 Å². The summed E-state index contributed by atoms with van der Waals surface area (Å²) in [6.45, 7) is -0.812.